The van der Waals surface area contributed by atoms with E-state index in [-0.39, 0.29) is 30.2 Å². The van der Waals surface area contributed by atoms with Gasteiger partial charge in [0.05, 0.1) is 35.0 Å². The Morgan fingerprint density at radius 3 is 2.77 bits per heavy atom. The first-order valence-electron chi connectivity index (χ1n) is 11.7. The maximum Gasteiger partial charge on any atom is 0.264 e. The summed E-state index contributed by atoms with van der Waals surface area (Å²) in [6.07, 6.45) is 3.29. The van der Waals surface area contributed by atoms with E-state index in [4.69, 9.17) is 0 Å². The van der Waals surface area contributed by atoms with Gasteiger partial charge in [-0.1, -0.05) is 42.5 Å². The fraction of sp³-hybridized carbons (Fsp3) is 0.259. The van der Waals surface area contributed by atoms with E-state index in [0.29, 0.717) is 34.9 Å². The highest BCUT2D eigenvalue weighted by Crippen LogP contribution is 2.35. The summed E-state index contributed by atoms with van der Waals surface area (Å²) in [5.41, 5.74) is 3.37. The van der Waals surface area contributed by atoms with Crippen molar-refractivity contribution in [3.05, 3.63) is 82.7 Å². The predicted molar refractivity (Wildman–Crippen MR) is 136 cm³/mol. The molecule has 2 aliphatic rings. The maximum atomic E-state index is 13.5. The molecular weight excluding hydrogens is 460 g/mol. The quantitative estimate of drug-likeness (QED) is 0.401. The molecular formula is C27H26N4O3S. The second kappa shape index (κ2) is 9.84. The van der Waals surface area contributed by atoms with Crippen LogP contribution in [0.25, 0.3) is 11.3 Å². The fourth-order valence-corrected chi connectivity index (χ4v) is 5.50. The van der Waals surface area contributed by atoms with Crippen LogP contribution in [0.2, 0.25) is 0 Å². The van der Waals surface area contributed by atoms with E-state index < -0.39 is 0 Å². The van der Waals surface area contributed by atoms with Gasteiger partial charge in [-0.25, -0.2) is 4.98 Å². The topological polar surface area (TPSA) is 82.6 Å². The first-order chi connectivity index (χ1) is 17.1. The zero-order valence-corrected chi connectivity index (χ0v) is 20.1. The summed E-state index contributed by atoms with van der Waals surface area (Å²) in [6.45, 7) is 5.45. The molecule has 1 aromatic heterocycles. The minimum Gasteiger partial charge on any atom is -0.370 e. The second-order valence-electron chi connectivity index (χ2n) is 8.71. The van der Waals surface area contributed by atoms with Crippen molar-refractivity contribution in [2.24, 2.45) is 5.92 Å². The van der Waals surface area contributed by atoms with Gasteiger partial charge in [0.25, 0.3) is 11.8 Å². The number of fused-ring (bicyclic) bond motifs is 1. The van der Waals surface area contributed by atoms with Gasteiger partial charge < -0.3 is 10.2 Å². The van der Waals surface area contributed by atoms with E-state index in [1.54, 1.807) is 18.2 Å². The van der Waals surface area contributed by atoms with Crippen LogP contribution in [-0.2, 0) is 11.3 Å². The Hall–Kier alpha value is -3.78. The molecule has 178 valence electrons. The average molecular weight is 487 g/mol. The number of aromatic nitrogens is 1. The first kappa shape index (κ1) is 23.0. The van der Waals surface area contributed by atoms with Gasteiger partial charge in [0.1, 0.15) is 5.01 Å². The molecule has 35 heavy (non-hydrogen) atoms. The number of imide groups is 1. The summed E-state index contributed by atoms with van der Waals surface area (Å²) in [5, 5.41) is 5.52. The molecule has 3 heterocycles. The number of anilines is 1. The molecule has 0 saturated carbocycles. The molecule has 8 heteroatoms. The SMILES string of the molecule is C=CCNC(=O)C1CCCN(c2cccc3c2C(=O)N(Cc2nc(-c4ccccc4)cs2)C3=O)C1. The summed E-state index contributed by atoms with van der Waals surface area (Å²) < 4.78 is 0. The number of thiazole rings is 1. The van der Waals surface area contributed by atoms with Gasteiger partial charge in [-0.3, -0.25) is 19.3 Å². The number of carbonyl (C=O) groups excluding carboxylic acids is 3. The number of nitrogens with one attached hydrogen (secondary N) is 1. The number of rotatable bonds is 7. The van der Waals surface area contributed by atoms with Crippen LogP contribution >= 0.6 is 11.3 Å². The molecule has 0 radical (unpaired) electrons. The van der Waals surface area contributed by atoms with Crippen LogP contribution in [0, 0.1) is 5.92 Å². The van der Waals surface area contributed by atoms with E-state index in [0.717, 1.165) is 30.6 Å². The minimum absolute atomic E-state index is 0.0100. The number of piperidine rings is 1. The van der Waals surface area contributed by atoms with Crippen molar-refractivity contribution in [3.63, 3.8) is 0 Å². The Morgan fingerprint density at radius 2 is 1.97 bits per heavy atom. The fourth-order valence-electron chi connectivity index (χ4n) is 4.71. The molecule has 1 saturated heterocycles. The van der Waals surface area contributed by atoms with E-state index in [2.05, 4.69) is 21.8 Å². The lowest BCUT2D eigenvalue weighted by Gasteiger charge is -2.34. The lowest BCUT2D eigenvalue weighted by Crippen LogP contribution is -2.43. The Kier molecular flexibility index (Phi) is 6.46. The third-order valence-electron chi connectivity index (χ3n) is 6.45. The molecule has 0 bridgehead atoms. The van der Waals surface area contributed by atoms with Gasteiger partial charge in [0.15, 0.2) is 0 Å². The number of nitrogens with zero attached hydrogens (tertiary/aromatic N) is 3. The van der Waals surface area contributed by atoms with Crippen molar-refractivity contribution in [1.82, 2.24) is 15.2 Å². The maximum absolute atomic E-state index is 13.5. The molecule has 5 rings (SSSR count). The molecule has 2 aliphatic heterocycles. The smallest absolute Gasteiger partial charge is 0.264 e. The third-order valence-corrected chi connectivity index (χ3v) is 7.28. The van der Waals surface area contributed by atoms with E-state index >= 15 is 0 Å². The molecule has 1 unspecified atom stereocenters. The predicted octanol–water partition coefficient (Wildman–Crippen LogP) is 4.12. The molecule has 2 aromatic carbocycles. The van der Waals surface area contributed by atoms with Crippen LogP contribution < -0.4 is 10.2 Å². The summed E-state index contributed by atoms with van der Waals surface area (Å²) in [7, 11) is 0. The van der Waals surface area contributed by atoms with Gasteiger partial charge >= 0.3 is 0 Å². The third kappa shape index (κ3) is 4.49. The lowest BCUT2D eigenvalue weighted by molar-refractivity contribution is -0.125. The molecule has 3 amide bonds. The number of hydrogen-bond acceptors (Lipinski definition) is 6. The second-order valence-corrected chi connectivity index (χ2v) is 9.65. The van der Waals surface area contributed by atoms with Crippen LogP contribution in [0.3, 0.4) is 0 Å². The zero-order chi connectivity index (χ0) is 24.4. The minimum atomic E-state index is -0.310. The molecule has 1 N–H and O–H groups in total. The van der Waals surface area contributed by atoms with Crippen LogP contribution in [0.5, 0.6) is 0 Å². The Balaban J connectivity index is 1.36. The van der Waals surface area contributed by atoms with Crippen molar-refractivity contribution in [1.29, 1.82) is 0 Å². The molecule has 1 fully saturated rings. The number of carbonyl (C=O) groups is 3. The van der Waals surface area contributed by atoms with Crippen LogP contribution in [-0.4, -0.2) is 47.2 Å². The van der Waals surface area contributed by atoms with Crippen molar-refractivity contribution in [3.8, 4) is 11.3 Å². The highest BCUT2D eigenvalue weighted by atomic mass is 32.1. The van der Waals surface area contributed by atoms with Crippen molar-refractivity contribution < 1.29 is 14.4 Å². The average Bonchev–Trinajstić information content (AvgIpc) is 3.47. The number of amides is 3. The van der Waals surface area contributed by atoms with Gasteiger partial charge in [0, 0.05) is 30.6 Å². The number of benzene rings is 2. The highest BCUT2D eigenvalue weighted by molar-refractivity contribution is 7.10. The molecule has 3 aromatic rings. The highest BCUT2D eigenvalue weighted by Gasteiger charge is 2.39. The van der Waals surface area contributed by atoms with Gasteiger partial charge in [-0.2, -0.15) is 0 Å². The summed E-state index contributed by atoms with van der Waals surface area (Å²) >= 11 is 1.44. The van der Waals surface area contributed by atoms with Crippen LogP contribution in [0.4, 0.5) is 5.69 Å². The summed E-state index contributed by atoms with van der Waals surface area (Å²) in [6, 6.07) is 15.2. The lowest BCUT2D eigenvalue weighted by atomic mass is 9.95. The normalized spacial score (nSPS) is 17.4. The van der Waals surface area contributed by atoms with Crippen LogP contribution in [0.15, 0.2) is 66.6 Å². The summed E-state index contributed by atoms with van der Waals surface area (Å²) in [5.74, 6) is -0.797. The molecule has 0 aliphatic carbocycles. The van der Waals surface area contributed by atoms with Crippen molar-refractivity contribution in [2.75, 3.05) is 24.5 Å². The van der Waals surface area contributed by atoms with Crippen molar-refractivity contribution in [2.45, 2.75) is 19.4 Å². The Bertz CT molecular complexity index is 1290. The summed E-state index contributed by atoms with van der Waals surface area (Å²) in [4.78, 5) is 47.2. The van der Waals surface area contributed by atoms with Gasteiger partial charge in [-0.05, 0) is 25.0 Å². The number of hydrogen-bond donors (Lipinski definition) is 1. The zero-order valence-electron chi connectivity index (χ0n) is 19.3. The largest absolute Gasteiger partial charge is 0.370 e. The van der Waals surface area contributed by atoms with Gasteiger partial charge in [-0.15, -0.1) is 17.9 Å². The molecule has 1 atom stereocenters. The van der Waals surface area contributed by atoms with Crippen molar-refractivity contribution >= 4 is 34.7 Å². The molecule has 7 nitrogen and oxygen atoms in total. The Morgan fingerprint density at radius 1 is 1.14 bits per heavy atom. The Labute approximate surface area is 208 Å². The molecule has 0 spiro atoms. The first-order valence-corrected chi connectivity index (χ1v) is 12.6. The van der Waals surface area contributed by atoms with E-state index in [1.807, 2.05) is 41.8 Å². The van der Waals surface area contributed by atoms with Gasteiger partial charge in [0.2, 0.25) is 5.91 Å². The van der Waals surface area contributed by atoms with Crippen LogP contribution in [0.1, 0.15) is 38.6 Å². The standard InChI is InChI=1S/C27H26N4O3S/c1-2-13-28-25(32)19-10-7-14-30(15-19)22-12-6-11-20-24(22)27(34)31(26(20)33)16-23-29-21(17-35-23)18-8-4-3-5-9-18/h2-6,8-9,11-12,17,19H,1,7,10,13-16H2,(H,28,32). The monoisotopic (exact) mass is 486 g/mol. The van der Waals surface area contributed by atoms with E-state index in [1.165, 1.54) is 16.2 Å². The van der Waals surface area contributed by atoms with E-state index in [9.17, 15) is 14.4 Å².